The molecule has 0 spiro atoms. The van der Waals surface area contributed by atoms with Gasteiger partial charge < -0.3 is 15.4 Å². The van der Waals surface area contributed by atoms with Crippen molar-refractivity contribution >= 4 is 45.8 Å². The van der Waals surface area contributed by atoms with Crippen molar-refractivity contribution in [3.05, 3.63) is 70.7 Å². The van der Waals surface area contributed by atoms with Crippen molar-refractivity contribution in [3.63, 3.8) is 0 Å². The number of aromatic nitrogens is 1. The van der Waals surface area contributed by atoms with Crippen LogP contribution in [0, 0.1) is 6.92 Å². The van der Waals surface area contributed by atoms with Crippen molar-refractivity contribution in [2.24, 2.45) is 0 Å². The predicted octanol–water partition coefficient (Wildman–Crippen LogP) is 4.06. The number of thiazole rings is 1. The number of esters is 1. The van der Waals surface area contributed by atoms with Crippen LogP contribution in [0.5, 0.6) is 0 Å². The van der Waals surface area contributed by atoms with E-state index in [0.29, 0.717) is 27.8 Å². The van der Waals surface area contributed by atoms with Gasteiger partial charge in [-0.25, -0.2) is 14.6 Å². The minimum absolute atomic E-state index is 0.0520. The molecule has 1 heterocycles. The molecule has 154 valence electrons. The van der Waals surface area contributed by atoms with E-state index in [9.17, 15) is 14.4 Å². The molecule has 0 atom stereocenters. The molecule has 1 aromatic heterocycles. The maximum Gasteiger partial charge on any atom is 0.337 e. The highest BCUT2D eigenvalue weighted by Gasteiger charge is 2.11. The number of carbonyl (C=O) groups excluding carboxylic acids is 3. The van der Waals surface area contributed by atoms with E-state index in [1.807, 2.05) is 25.1 Å². The highest BCUT2D eigenvalue weighted by atomic mass is 32.1. The van der Waals surface area contributed by atoms with E-state index in [0.717, 1.165) is 5.56 Å². The second-order valence-corrected chi connectivity index (χ2v) is 7.24. The van der Waals surface area contributed by atoms with Crippen LogP contribution in [0.3, 0.4) is 0 Å². The third-order valence-electron chi connectivity index (χ3n) is 3.98. The van der Waals surface area contributed by atoms with Crippen LogP contribution in [-0.2, 0) is 16.0 Å². The maximum absolute atomic E-state index is 12.2. The fraction of sp³-hybridized carbons (Fsp3) is 0.143. The molecule has 0 fully saturated rings. The average Bonchev–Trinajstić information content (AvgIpc) is 3.14. The van der Waals surface area contributed by atoms with Gasteiger partial charge in [-0.2, -0.15) is 0 Å². The lowest BCUT2D eigenvalue weighted by Gasteiger charge is -2.06. The highest BCUT2D eigenvalue weighted by molar-refractivity contribution is 7.14. The Morgan fingerprint density at radius 2 is 1.77 bits per heavy atom. The third-order valence-corrected chi connectivity index (χ3v) is 4.79. The normalized spacial score (nSPS) is 10.2. The van der Waals surface area contributed by atoms with Crippen LogP contribution in [-0.4, -0.2) is 30.0 Å². The van der Waals surface area contributed by atoms with Crippen molar-refractivity contribution in [3.8, 4) is 0 Å². The topological polar surface area (TPSA) is 109 Å². The number of ether oxygens (including phenoxy) is 1. The van der Waals surface area contributed by atoms with Gasteiger partial charge in [-0.15, -0.1) is 11.3 Å². The number of methoxy groups -OCH3 is 1. The second-order valence-electron chi connectivity index (χ2n) is 6.39. The molecule has 3 amide bonds. The first kappa shape index (κ1) is 21.0. The van der Waals surface area contributed by atoms with Crippen LogP contribution in [0.4, 0.5) is 21.3 Å². The lowest BCUT2D eigenvalue weighted by molar-refractivity contribution is -0.115. The number of nitrogens with zero attached hydrogens (tertiary/aromatic N) is 1. The summed E-state index contributed by atoms with van der Waals surface area (Å²) < 4.78 is 4.64. The SMILES string of the molecule is COC(=O)c1ccc(NC(=O)Cc2csc(NC(=O)Nc3cccc(C)c3)n2)cc1. The molecular formula is C21H20N4O4S. The first-order valence-electron chi connectivity index (χ1n) is 9.00. The summed E-state index contributed by atoms with van der Waals surface area (Å²) in [5.41, 5.74) is 3.21. The summed E-state index contributed by atoms with van der Waals surface area (Å²) in [6.07, 6.45) is 0.0520. The van der Waals surface area contributed by atoms with Crippen molar-refractivity contribution < 1.29 is 19.1 Å². The van der Waals surface area contributed by atoms with Gasteiger partial charge in [0.25, 0.3) is 0 Å². The Balaban J connectivity index is 1.51. The van der Waals surface area contributed by atoms with Crippen LogP contribution in [0.1, 0.15) is 21.6 Å². The number of aryl methyl sites for hydroxylation is 1. The van der Waals surface area contributed by atoms with Crippen LogP contribution in [0.2, 0.25) is 0 Å². The quantitative estimate of drug-likeness (QED) is 0.517. The molecule has 0 radical (unpaired) electrons. The summed E-state index contributed by atoms with van der Waals surface area (Å²) >= 11 is 1.23. The molecule has 8 nitrogen and oxygen atoms in total. The summed E-state index contributed by atoms with van der Waals surface area (Å²) in [6.45, 7) is 1.94. The molecule has 0 saturated carbocycles. The van der Waals surface area contributed by atoms with Crippen molar-refractivity contribution in [2.45, 2.75) is 13.3 Å². The van der Waals surface area contributed by atoms with E-state index in [1.165, 1.54) is 18.4 Å². The first-order valence-corrected chi connectivity index (χ1v) is 9.88. The molecule has 3 rings (SSSR count). The zero-order valence-corrected chi connectivity index (χ0v) is 17.2. The van der Waals surface area contributed by atoms with E-state index >= 15 is 0 Å². The van der Waals surface area contributed by atoms with Crippen molar-refractivity contribution in [1.29, 1.82) is 0 Å². The van der Waals surface area contributed by atoms with Crippen LogP contribution < -0.4 is 16.0 Å². The van der Waals surface area contributed by atoms with Gasteiger partial charge in [-0.3, -0.25) is 10.1 Å². The van der Waals surface area contributed by atoms with Crippen LogP contribution >= 0.6 is 11.3 Å². The molecular weight excluding hydrogens is 404 g/mol. The Hall–Kier alpha value is -3.72. The molecule has 0 bridgehead atoms. The Bertz CT molecular complexity index is 1060. The maximum atomic E-state index is 12.2. The number of amides is 3. The van der Waals surface area contributed by atoms with Gasteiger partial charge in [0.2, 0.25) is 5.91 Å². The third kappa shape index (κ3) is 5.89. The van der Waals surface area contributed by atoms with E-state index in [4.69, 9.17) is 0 Å². The second kappa shape index (κ2) is 9.66. The number of hydrogen-bond acceptors (Lipinski definition) is 6. The number of urea groups is 1. The summed E-state index contributed by atoms with van der Waals surface area (Å²) in [5.74, 6) is -0.705. The van der Waals surface area contributed by atoms with Gasteiger partial charge in [-0.1, -0.05) is 12.1 Å². The van der Waals surface area contributed by atoms with Gasteiger partial charge >= 0.3 is 12.0 Å². The Morgan fingerprint density at radius 3 is 2.47 bits per heavy atom. The summed E-state index contributed by atoms with van der Waals surface area (Å²) in [4.78, 5) is 40.0. The van der Waals surface area contributed by atoms with Crippen LogP contribution in [0.25, 0.3) is 0 Å². The largest absolute Gasteiger partial charge is 0.465 e. The molecule has 0 saturated heterocycles. The summed E-state index contributed by atoms with van der Waals surface area (Å²) in [7, 11) is 1.31. The number of carbonyl (C=O) groups is 3. The number of benzene rings is 2. The molecule has 0 unspecified atom stereocenters. The molecule has 3 N–H and O–H groups in total. The van der Waals surface area contributed by atoms with Gasteiger partial charge in [0, 0.05) is 16.8 Å². The Morgan fingerprint density at radius 1 is 1.00 bits per heavy atom. The van der Waals surface area contributed by atoms with Crippen molar-refractivity contribution in [1.82, 2.24) is 4.98 Å². The first-order chi connectivity index (χ1) is 14.4. The fourth-order valence-corrected chi connectivity index (χ4v) is 3.31. The fourth-order valence-electron chi connectivity index (χ4n) is 2.61. The molecule has 3 aromatic rings. The molecule has 2 aromatic carbocycles. The zero-order chi connectivity index (χ0) is 21.5. The summed E-state index contributed by atoms with van der Waals surface area (Å²) in [6, 6.07) is 13.4. The molecule has 0 aliphatic rings. The average molecular weight is 424 g/mol. The molecule has 0 aliphatic heterocycles. The smallest absolute Gasteiger partial charge is 0.337 e. The minimum atomic E-state index is -0.443. The van der Waals surface area contributed by atoms with Gasteiger partial charge in [0.15, 0.2) is 5.13 Å². The number of rotatable bonds is 6. The van der Waals surface area contributed by atoms with E-state index in [-0.39, 0.29) is 12.3 Å². The van der Waals surface area contributed by atoms with Crippen molar-refractivity contribution in [2.75, 3.05) is 23.1 Å². The Kier molecular flexibility index (Phi) is 6.76. The number of anilines is 3. The molecule has 9 heteroatoms. The Labute approximate surface area is 177 Å². The van der Waals surface area contributed by atoms with E-state index < -0.39 is 12.0 Å². The highest BCUT2D eigenvalue weighted by Crippen LogP contribution is 2.18. The lowest BCUT2D eigenvalue weighted by Crippen LogP contribution is -2.19. The van der Waals surface area contributed by atoms with Crippen LogP contribution in [0.15, 0.2) is 53.9 Å². The van der Waals surface area contributed by atoms with Gasteiger partial charge in [-0.05, 0) is 48.9 Å². The predicted molar refractivity (Wildman–Crippen MR) is 116 cm³/mol. The number of nitrogens with one attached hydrogen (secondary N) is 3. The van der Waals surface area contributed by atoms with Gasteiger partial charge in [0.05, 0.1) is 24.8 Å². The molecule has 30 heavy (non-hydrogen) atoms. The standard InChI is InChI=1S/C21H20N4O4S/c1-13-4-3-5-16(10-13)23-20(28)25-21-24-17(12-30-21)11-18(26)22-15-8-6-14(7-9-15)19(27)29-2/h3-10,12H,11H2,1-2H3,(H,22,26)(H2,23,24,25,28). The minimum Gasteiger partial charge on any atom is -0.465 e. The van der Waals surface area contributed by atoms with E-state index in [2.05, 4.69) is 25.7 Å². The molecule has 0 aliphatic carbocycles. The monoisotopic (exact) mass is 424 g/mol. The summed E-state index contributed by atoms with van der Waals surface area (Å²) in [5, 5.41) is 10.2. The van der Waals surface area contributed by atoms with E-state index in [1.54, 1.807) is 35.7 Å². The number of hydrogen-bond donors (Lipinski definition) is 3. The lowest BCUT2D eigenvalue weighted by atomic mass is 10.2. The zero-order valence-electron chi connectivity index (χ0n) is 16.4. The van der Waals surface area contributed by atoms with Gasteiger partial charge in [0.1, 0.15) is 0 Å².